The van der Waals surface area contributed by atoms with Crippen molar-refractivity contribution in [3.8, 4) is 0 Å². The quantitative estimate of drug-likeness (QED) is 0.436. The van der Waals surface area contributed by atoms with E-state index in [1.165, 1.54) is 25.7 Å². The molecule has 2 saturated heterocycles. The smallest absolute Gasteiger partial charge is 0.303 e. The minimum Gasteiger partial charge on any atom is -0.481 e. The number of aliphatic hydroxyl groups is 1. The molecule has 2 bridgehead atoms. The fourth-order valence-electron chi connectivity index (χ4n) is 4.46. The normalized spacial score (nSPS) is 28.7. The first-order valence-electron chi connectivity index (χ1n) is 9.93. The number of benzene rings is 1. The number of rotatable bonds is 10. The van der Waals surface area contributed by atoms with Crippen LogP contribution in [0.3, 0.4) is 0 Å². The molecule has 3 rings (SSSR count). The lowest BCUT2D eigenvalue weighted by Gasteiger charge is -2.28. The summed E-state index contributed by atoms with van der Waals surface area (Å²) in [5, 5.41) is 20.6. The maximum Gasteiger partial charge on any atom is 0.303 e. The molecule has 0 radical (unpaired) electrons. The third-order valence-electron chi connectivity index (χ3n) is 5.82. The van der Waals surface area contributed by atoms with Crippen molar-refractivity contribution >= 4 is 17.7 Å². The summed E-state index contributed by atoms with van der Waals surface area (Å²) in [6.07, 6.45) is 12.1. The number of hydrogen-bond acceptors (Lipinski definition) is 3. The van der Waals surface area contributed by atoms with Gasteiger partial charge < -0.3 is 10.2 Å². The number of allylic oxidation sites excluding steroid dienone is 1. The van der Waals surface area contributed by atoms with Crippen LogP contribution < -0.4 is 0 Å². The lowest BCUT2D eigenvalue weighted by atomic mass is 9.76. The van der Waals surface area contributed by atoms with Crippen LogP contribution in [0.1, 0.15) is 63.0 Å². The lowest BCUT2D eigenvalue weighted by Crippen LogP contribution is -2.25. The van der Waals surface area contributed by atoms with Crippen LogP contribution in [0, 0.1) is 11.8 Å². The summed E-state index contributed by atoms with van der Waals surface area (Å²) < 4.78 is 0. The summed E-state index contributed by atoms with van der Waals surface area (Å²) in [6, 6.07) is 9.84. The van der Waals surface area contributed by atoms with Gasteiger partial charge in [0.15, 0.2) is 0 Å². The molecule has 1 aromatic rings. The van der Waals surface area contributed by atoms with Crippen LogP contribution in [0.15, 0.2) is 42.5 Å². The average molecular weight is 375 g/mol. The molecule has 0 aliphatic carbocycles. The first kappa shape index (κ1) is 19.5. The van der Waals surface area contributed by atoms with Gasteiger partial charge in [0, 0.05) is 16.9 Å². The summed E-state index contributed by atoms with van der Waals surface area (Å²) in [6.45, 7) is 0. The van der Waals surface area contributed by atoms with Gasteiger partial charge in [0.25, 0.3) is 0 Å². The van der Waals surface area contributed by atoms with E-state index in [1.807, 2.05) is 36.4 Å². The highest BCUT2D eigenvalue weighted by molar-refractivity contribution is 8.01. The van der Waals surface area contributed by atoms with Gasteiger partial charge in [0.1, 0.15) is 0 Å². The molecule has 2 fully saturated rings. The van der Waals surface area contributed by atoms with E-state index in [0.29, 0.717) is 12.3 Å². The number of aliphatic hydroxyl groups excluding tert-OH is 1. The molecule has 0 spiro atoms. The molecule has 142 valence electrons. The molecule has 2 heterocycles. The van der Waals surface area contributed by atoms with Gasteiger partial charge >= 0.3 is 5.97 Å². The predicted molar refractivity (Wildman–Crippen MR) is 107 cm³/mol. The highest BCUT2D eigenvalue weighted by atomic mass is 32.2. The zero-order valence-electron chi connectivity index (χ0n) is 15.3. The monoisotopic (exact) mass is 374 g/mol. The first-order chi connectivity index (χ1) is 12.6. The summed E-state index contributed by atoms with van der Waals surface area (Å²) in [7, 11) is 0. The van der Waals surface area contributed by atoms with E-state index in [0.717, 1.165) is 41.2 Å². The third kappa shape index (κ3) is 5.14. The molecule has 1 aromatic carbocycles. The van der Waals surface area contributed by atoms with Gasteiger partial charge in [0.05, 0.1) is 6.10 Å². The minimum absolute atomic E-state index is 0.298. The van der Waals surface area contributed by atoms with Crippen molar-refractivity contribution in [1.29, 1.82) is 0 Å². The summed E-state index contributed by atoms with van der Waals surface area (Å²) >= 11 is 2.16. The second kappa shape index (κ2) is 9.61. The number of unbranched alkanes of at least 4 members (excludes halogenated alkanes) is 3. The Hall–Kier alpha value is -1.26. The number of carbonyl (C=O) groups is 1. The lowest BCUT2D eigenvalue weighted by molar-refractivity contribution is -0.137. The van der Waals surface area contributed by atoms with Crippen molar-refractivity contribution in [1.82, 2.24) is 0 Å². The molecular formula is C22H30O3S. The van der Waals surface area contributed by atoms with Gasteiger partial charge in [-0.2, -0.15) is 11.8 Å². The second-order valence-corrected chi connectivity index (χ2v) is 9.10. The van der Waals surface area contributed by atoms with E-state index < -0.39 is 12.1 Å². The largest absolute Gasteiger partial charge is 0.481 e. The molecule has 0 amide bonds. The molecule has 0 aromatic heterocycles. The Morgan fingerprint density at radius 3 is 2.62 bits per heavy atom. The Bertz CT molecular complexity index is 601. The van der Waals surface area contributed by atoms with Crippen molar-refractivity contribution < 1.29 is 15.0 Å². The van der Waals surface area contributed by atoms with Crippen molar-refractivity contribution in [2.24, 2.45) is 11.8 Å². The Labute approximate surface area is 160 Å². The molecule has 2 N–H and O–H groups in total. The van der Waals surface area contributed by atoms with Crippen LogP contribution >= 0.6 is 11.8 Å². The first-order valence-corrected chi connectivity index (χ1v) is 10.9. The molecule has 1 unspecified atom stereocenters. The highest BCUT2D eigenvalue weighted by Gasteiger charge is 2.46. The topological polar surface area (TPSA) is 57.5 Å². The minimum atomic E-state index is -0.684. The van der Waals surface area contributed by atoms with Gasteiger partial charge in [-0.1, -0.05) is 61.7 Å². The number of thioether (sulfide) groups is 1. The zero-order chi connectivity index (χ0) is 18.4. The van der Waals surface area contributed by atoms with Crippen LogP contribution in [-0.2, 0) is 4.79 Å². The third-order valence-corrected chi connectivity index (χ3v) is 7.66. The van der Waals surface area contributed by atoms with E-state index >= 15 is 0 Å². The van der Waals surface area contributed by atoms with E-state index in [-0.39, 0.29) is 0 Å². The summed E-state index contributed by atoms with van der Waals surface area (Å²) in [4.78, 5) is 10.6. The standard InChI is InChI=1S/C22H30O3S/c23-19(16-8-4-3-5-9-16)13-12-18-17(20-14-15-21(18)26-20)10-6-1-2-7-11-22(24)25/h3-5,8-9,12-13,17-21,23H,1-2,6-7,10-11,14-15H2,(H,24,25)/b13-12+/t17-,18+,19?,20-,21+/m1/s1. The van der Waals surface area contributed by atoms with Crippen LogP contribution in [0.4, 0.5) is 0 Å². The molecule has 5 atom stereocenters. The van der Waals surface area contributed by atoms with Crippen LogP contribution in [-0.4, -0.2) is 26.7 Å². The zero-order valence-corrected chi connectivity index (χ0v) is 16.1. The molecule has 2 aliphatic rings. The summed E-state index contributed by atoms with van der Waals surface area (Å²) in [5.41, 5.74) is 0.953. The van der Waals surface area contributed by atoms with Gasteiger partial charge in [-0.25, -0.2) is 0 Å². The second-order valence-electron chi connectivity index (χ2n) is 7.62. The summed E-state index contributed by atoms with van der Waals surface area (Å²) in [5.74, 6) is 0.616. The average Bonchev–Trinajstić information content (AvgIpc) is 3.24. The molecule has 4 heteroatoms. The Balaban J connectivity index is 1.49. The van der Waals surface area contributed by atoms with Crippen molar-refractivity contribution in [3.05, 3.63) is 48.0 Å². The van der Waals surface area contributed by atoms with Crippen molar-refractivity contribution in [2.45, 2.75) is 68.0 Å². The van der Waals surface area contributed by atoms with Crippen molar-refractivity contribution in [2.75, 3.05) is 0 Å². The van der Waals surface area contributed by atoms with Crippen molar-refractivity contribution in [3.63, 3.8) is 0 Å². The number of fused-ring (bicyclic) bond motifs is 2. The van der Waals surface area contributed by atoms with E-state index in [4.69, 9.17) is 5.11 Å². The maximum atomic E-state index is 10.6. The molecule has 26 heavy (non-hydrogen) atoms. The molecule has 2 aliphatic heterocycles. The van der Waals surface area contributed by atoms with Gasteiger partial charge in [-0.3, -0.25) is 4.79 Å². The van der Waals surface area contributed by atoms with Crippen LogP contribution in [0.5, 0.6) is 0 Å². The highest BCUT2D eigenvalue weighted by Crippen LogP contribution is 2.55. The molecule has 0 saturated carbocycles. The van der Waals surface area contributed by atoms with Crippen LogP contribution in [0.25, 0.3) is 0 Å². The van der Waals surface area contributed by atoms with Gasteiger partial charge in [-0.15, -0.1) is 0 Å². The number of carboxylic acids is 1. The number of carboxylic acid groups (broad SMARTS) is 1. The predicted octanol–water partition coefficient (Wildman–Crippen LogP) is 5.21. The van der Waals surface area contributed by atoms with Gasteiger partial charge in [0.2, 0.25) is 0 Å². The Morgan fingerprint density at radius 1 is 1.12 bits per heavy atom. The fraction of sp³-hybridized carbons (Fsp3) is 0.591. The Kier molecular flexibility index (Phi) is 7.21. The van der Waals surface area contributed by atoms with Crippen LogP contribution in [0.2, 0.25) is 0 Å². The number of hydrogen-bond donors (Lipinski definition) is 2. The van der Waals surface area contributed by atoms with Gasteiger partial charge in [-0.05, 0) is 43.1 Å². The SMILES string of the molecule is O=C(O)CCCCCC[C@@H]1[C@H](/C=C/C(O)c2ccccc2)[C@@H]2CC[C@H]1S2. The fourth-order valence-corrected chi connectivity index (χ4v) is 6.45. The maximum absolute atomic E-state index is 10.6. The molecular weight excluding hydrogens is 344 g/mol. The molecule has 3 nitrogen and oxygen atoms in total. The Morgan fingerprint density at radius 2 is 1.85 bits per heavy atom. The van der Waals surface area contributed by atoms with E-state index in [9.17, 15) is 9.90 Å². The van der Waals surface area contributed by atoms with E-state index in [1.54, 1.807) is 0 Å². The number of aliphatic carboxylic acids is 1. The van der Waals surface area contributed by atoms with E-state index in [2.05, 4.69) is 17.8 Å².